The number of carbonyl (C=O) groups is 1. The molecule has 84 valence electrons. The van der Waals surface area contributed by atoms with Gasteiger partial charge in [-0.3, -0.25) is 0 Å². The molecule has 1 aromatic carbocycles. The number of rotatable bonds is 3. The number of nitrogens with one attached hydrogen (secondary N) is 1. The molecule has 1 saturated heterocycles. The minimum atomic E-state index is -0.201. The third-order valence-electron chi connectivity index (χ3n) is 2.67. The Balaban J connectivity index is 1.98. The first-order valence-corrected chi connectivity index (χ1v) is 5.44. The fourth-order valence-electron chi connectivity index (χ4n) is 1.64. The van der Waals surface area contributed by atoms with Crippen molar-refractivity contribution in [3.05, 3.63) is 47.7 Å². The molecule has 0 unspecified atom stereocenters. The van der Waals surface area contributed by atoms with Gasteiger partial charge in [-0.1, -0.05) is 30.3 Å². The Morgan fingerprint density at radius 2 is 2.12 bits per heavy atom. The lowest BCUT2D eigenvalue weighted by Crippen LogP contribution is -2.13. The maximum absolute atomic E-state index is 11.2. The molecule has 1 N–H and O–H groups in total. The van der Waals surface area contributed by atoms with Crippen molar-refractivity contribution in [3.8, 4) is 0 Å². The van der Waals surface area contributed by atoms with Gasteiger partial charge in [-0.05, 0) is 12.5 Å². The van der Waals surface area contributed by atoms with Crippen LogP contribution in [0.1, 0.15) is 24.9 Å². The summed E-state index contributed by atoms with van der Waals surface area (Å²) < 4.78 is 4.86. The van der Waals surface area contributed by atoms with Crippen molar-refractivity contribution in [3.63, 3.8) is 0 Å². The first kappa shape index (κ1) is 10.7. The highest BCUT2D eigenvalue weighted by molar-refractivity contribution is 5.90. The Bertz CT molecular complexity index is 398. The van der Waals surface area contributed by atoms with Crippen LogP contribution < -0.4 is 5.32 Å². The summed E-state index contributed by atoms with van der Waals surface area (Å²) in [5.41, 5.74) is 1.92. The van der Waals surface area contributed by atoms with Crippen molar-refractivity contribution >= 4 is 5.97 Å². The van der Waals surface area contributed by atoms with E-state index in [1.165, 1.54) is 5.56 Å². The lowest BCUT2D eigenvalue weighted by Gasteiger charge is -2.12. The summed E-state index contributed by atoms with van der Waals surface area (Å²) in [6, 6.07) is 10.3. The summed E-state index contributed by atoms with van der Waals surface area (Å²) in [6.45, 7) is 2.57. The maximum Gasteiger partial charge on any atom is 0.335 e. The number of hydrogen-bond donors (Lipinski definition) is 1. The van der Waals surface area contributed by atoms with Crippen LogP contribution in [0.3, 0.4) is 0 Å². The molecule has 0 radical (unpaired) electrons. The highest BCUT2D eigenvalue weighted by atomic mass is 16.5. The molecule has 3 nitrogen and oxygen atoms in total. The second kappa shape index (κ2) is 4.84. The zero-order chi connectivity index (χ0) is 11.4. The second-order valence-electron chi connectivity index (χ2n) is 3.85. The normalized spacial score (nSPS) is 19.6. The van der Waals surface area contributed by atoms with Gasteiger partial charge >= 0.3 is 5.97 Å². The minimum Gasteiger partial charge on any atom is -0.462 e. The molecule has 16 heavy (non-hydrogen) atoms. The monoisotopic (exact) mass is 217 g/mol. The molecule has 1 aliphatic rings. The van der Waals surface area contributed by atoms with E-state index in [9.17, 15) is 4.79 Å². The van der Waals surface area contributed by atoms with Crippen LogP contribution in [-0.2, 0) is 9.53 Å². The lowest BCUT2D eigenvalue weighted by molar-refractivity contribution is -0.135. The first-order valence-electron chi connectivity index (χ1n) is 5.44. The highest BCUT2D eigenvalue weighted by Crippen LogP contribution is 2.15. The van der Waals surface area contributed by atoms with Crippen LogP contribution in [0.25, 0.3) is 0 Å². The standard InChI is InChI=1S/C13H15NO2/c1-10(11-5-3-2-4-6-11)14-9-12-7-8-16-13(12)15/h2-6,9-10,14H,7-8H2,1H3/b12-9+/t10-/m1/s1. The average Bonchev–Trinajstić information content (AvgIpc) is 2.73. The molecular weight excluding hydrogens is 202 g/mol. The van der Waals surface area contributed by atoms with E-state index in [4.69, 9.17) is 4.74 Å². The van der Waals surface area contributed by atoms with Crippen LogP contribution in [0.15, 0.2) is 42.1 Å². The van der Waals surface area contributed by atoms with Gasteiger partial charge < -0.3 is 10.1 Å². The quantitative estimate of drug-likeness (QED) is 0.623. The Labute approximate surface area is 95.1 Å². The third-order valence-corrected chi connectivity index (χ3v) is 2.67. The van der Waals surface area contributed by atoms with Crippen molar-refractivity contribution in [2.45, 2.75) is 19.4 Å². The molecule has 0 aliphatic carbocycles. The van der Waals surface area contributed by atoms with Gasteiger partial charge in [0.2, 0.25) is 0 Å². The van der Waals surface area contributed by atoms with Gasteiger partial charge in [-0.2, -0.15) is 0 Å². The summed E-state index contributed by atoms with van der Waals surface area (Å²) in [7, 11) is 0. The van der Waals surface area contributed by atoms with Crippen molar-refractivity contribution in [1.29, 1.82) is 0 Å². The number of esters is 1. The summed E-state index contributed by atoms with van der Waals surface area (Å²) in [6.07, 6.45) is 2.47. The van der Waals surface area contributed by atoms with E-state index in [0.29, 0.717) is 13.0 Å². The molecule has 0 spiro atoms. The summed E-state index contributed by atoms with van der Waals surface area (Å²) >= 11 is 0. The smallest absolute Gasteiger partial charge is 0.335 e. The molecule has 2 rings (SSSR count). The van der Waals surface area contributed by atoms with Crippen LogP contribution in [0.2, 0.25) is 0 Å². The lowest BCUT2D eigenvalue weighted by atomic mass is 10.1. The van der Waals surface area contributed by atoms with E-state index in [0.717, 1.165) is 5.57 Å². The molecule has 1 atom stereocenters. The van der Waals surface area contributed by atoms with Gasteiger partial charge in [0.15, 0.2) is 0 Å². The van der Waals surface area contributed by atoms with Crippen LogP contribution in [0, 0.1) is 0 Å². The van der Waals surface area contributed by atoms with Gasteiger partial charge in [-0.15, -0.1) is 0 Å². The molecule has 0 amide bonds. The van der Waals surface area contributed by atoms with Crippen molar-refractivity contribution in [2.75, 3.05) is 6.61 Å². The van der Waals surface area contributed by atoms with Gasteiger partial charge in [-0.25, -0.2) is 4.79 Å². The van der Waals surface area contributed by atoms with E-state index in [1.807, 2.05) is 18.2 Å². The van der Waals surface area contributed by atoms with Crippen LogP contribution in [0.5, 0.6) is 0 Å². The molecule has 0 bridgehead atoms. The molecular formula is C13H15NO2. The average molecular weight is 217 g/mol. The van der Waals surface area contributed by atoms with Gasteiger partial charge in [0.25, 0.3) is 0 Å². The molecule has 0 saturated carbocycles. The van der Waals surface area contributed by atoms with Gasteiger partial charge in [0.05, 0.1) is 12.2 Å². The van der Waals surface area contributed by atoms with E-state index in [2.05, 4.69) is 24.4 Å². The summed E-state index contributed by atoms with van der Waals surface area (Å²) in [5.74, 6) is -0.201. The van der Waals surface area contributed by atoms with E-state index >= 15 is 0 Å². The number of carbonyl (C=O) groups excluding carboxylic acids is 1. The molecule has 0 aromatic heterocycles. The predicted molar refractivity (Wildman–Crippen MR) is 61.7 cm³/mol. The Morgan fingerprint density at radius 3 is 2.75 bits per heavy atom. The van der Waals surface area contributed by atoms with Crippen molar-refractivity contribution < 1.29 is 9.53 Å². The van der Waals surface area contributed by atoms with Crippen LogP contribution in [-0.4, -0.2) is 12.6 Å². The third kappa shape index (κ3) is 2.42. The molecule has 3 heteroatoms. The van der Waals surface area contributed by atoms with Crippen molar-refractivity contribution in [2.24, 2.45) is 0 Å². The fraction of sp³-hybridized carbons (Fsp3) is 0.308. The molecule has 1 aliphatic heterocycles. The molecule has 1 heterocycles. The number of benzene rings is 1. The highest BCUT2D eigenvalue weighted by Gasteiger charge is 2.18. The first-order chi connectivity index (χ1) is 7.77. The minimum absolute atomic E-state index is 0.196. The van der Waals surface area contributed by atoms with E-state index < -0.39 is 0 Å². The SMILES string of the molecule is C[C@@H](N/C=C1\CCOC1=O)c1ccccc1. The predicted octanol–water partition coefficient (Wildman–Crippen LogP) is 2.17. The van der Waals surface area contributed by atoms with E-state index in [-0.39, 0.29) is 12.0 Å². The van der Waals surface area contributed by atoms with Crippen LogP contribution >= 0.6 is 0 Å². The van der Waals surface area contributed by atoms with Gasteiger partial charge in [0, 0.05) is 18.7 Å². The maximum atomic E-state index is 11.2. The topological polar surface area (TPSA) is 38.3 Å². The fourth-order valence-corrected chi connectivity index (χ4v) is 1.64. The van der Waals surface area contributed by atoms with Gasteiger partial charge in [0.1, 0.15) is 0 Å². The van der Waals surface area contributed by atoms with E-state index in [1.54, 1.807) is 6.20 Å². The Morgan fingerprint density at radius 1 is 1.38 bits per heavy atom. The number of hydrogen-bond acceptors (Lipinski definition) is 3. The second-order valence-corrected chi connectivity index (χ2v) is 3.85. The summed E-state index contributed by atoms with van der Waals surface area (Å²) in [4.78, 5) is 11.2. The molecule has 1 fully saturated rings. The Kier molecular flexibility index (Phi) is 3.25. The number of cyclic esters (lactones) is 1. The summed E-state index contributed by atoms with van der Waals surface area (Å²) in [5, 5.41) is 3.21. The zero-order valence-corrected chi connectivity index (χ0v) is 9.27. The Hall–Kier alpha value is -1.77. The molecule has 1 aromatic rings. The largest absolute Gasteiger partial charge is 0.462 e. The van der Waals surface area contributed by atoms with Crippen molar-refractivity contribution in [1.82, 2.24) is 5.32 Å². The van der Waals surface area contributed by atoms with Crippen LogP contribution in [0.4, 0.5) is 0 Å². The number of ether oxygens (including phenoxy) is 1. The zero-order valence-electron chi connectivity index (χ0n) is 9.27.